The third-order valence-corrected chi connectivity index (χ3v) is 3.78. The molecule has 4 nitrogen and oxygen atoms in total. The topological polar surface area (TPSA) is 36.7 Å². The second-order valence-electron chi connectivity index (χ2n) is 5.02. The Kier molecular flexibility index (Phi) is 4.45. The van der Waals surface area contributed by atoms with Gasteiger partial charge in [-0.25, -0.2) is 0 Å². The van der Waals surface area contributed by atoms with Crippen molar-refractivity contribution >= 4 is 21.8 Å². The molecule has 0 bridgehead atoms. The van der Waals surface area contributed by atoms with Crippen molar-refractivity contribution < 1.29 is 9.21 Å². The number of rotatable bonds is 4. The summed E-state index contributed by atoms with van der Waals surface area (Å²) in [5.41, 5.74) is 0. The van der Waals surface area contributed by atoms with E-state index in [-0.39, 0.29) is 5.91 Å². The highest BCUT2D eigenvalue weighted by Crippen LogP contribution is 2.19. The maximum Gasteiger partial charge on any atom is 0.219 e. The Morgan fingerprint density at radius 2 is 2.39 bits per heavy atom. The molecule has 1 amide bonds. The van der Waals surface area contributed by atoms with E-state index in [1.807, 2.05) is 17.0 Å². The fourth-order valence-corrected chi connectivity index (χ4v) is 2.82. The van der Waals surface area contributed by atoms with Crippen LogP contribution in [0.3, 0.4) is 0 Å². The highest BCUT2D eigenvalue weighted by atomic mass is 79.9. The highest BCUT2D eigenvalue weighted by Gasteiger charge is 2.25. The minimum absolute atomic E-state index is 0.190. The number of amides is 1. The standard InChI is InChI=1S/C13H19BrN2O2/c1-10(17)16-6-5-11(8-16)7-15(2)9-12-3-4-13(14)18-12/h3-4,11H,5-9H2,1-2H3. The van der Waals surface area contributed by atoms with Crippen LogP contribution in [0.4, 0.5) is 0 Å². The zero-order valence-electron chi connectivity index (χ0n) is 10.9. The molecule has 1 aliphatic heterocycles. The molecule has 1 aromatic rings. The van der Waals surface area contributed by atoms with Crippen molar-refractivity contribution in [2.75, 3.05) is 26.7 Å². The minimum Gasteiger partial charge on any atom is -0.453 e. The van der Waals surface area contributed by atoms with E-state index in [2.05, 4.69) is 27.9 Å². The Hall–Kier alpha value is -0.810. The first kappa shape index (κ1) is 13.6. The fraction of sp³-hybridized carbons (Fsp3) is 0.615. The molecule has 1 fully saturated rings. The molecule has 0 spiro atoms. The van der Waals surface area contributed by atoms with Gasteiger partial charge in [-0.3, -0.25) is 9.69 Å². The number of carbonyl (C=O) groups excluding carboxylic acids is 1. The second-order valence-corrected chi connectivity index (χ2v) is 5.80. The zero-order chi connectivity index (χ0) is 13.1. The first-order chi connectivity index (χ1) is 8.54. The third-order valence-electron chi connectivity index (χ3n) is 3.36. The van der Waals surface area contributed by atoms with E-state index in [1.165, 1.54) is 0 Å². The molecule has 1 aromatic heterocycles. The van der Waals surface area contributed by atoms with E-state index in [0.717, 1.165) is 43.0 Å². The van der Waals surface area contributed by atoms with Crippen LogP contribution in [0.15, 0.2) is 21.2 Å². The van der Waals surface area contributed by atoms with Crippen LogP contribution < -0.4 is 0 Å². The second kappa shape index (κ2) is 5.89. The van der Waals surface area contributed by atoms with Crippen LogP contribution in [0, 0.1) is 5.92 Å². The van der Waals surface area contributed by atoms with Gasteiger partial charge in [0.2, 0.25) is 5.91 Å². The molecule has 2 heterocycles. The van der Waals surface area contributed by atoms with Gasteiger partial charge in [0.05, 0.1) is 6.54 Å². The van der Waals surface area contributed by atoms with Crippen LogP contribution in [-0.4, -0.2) is 42.4 Å². The zero-order valence-corrected chi connectivity index (χ0v) is 12.4. The number of halogens is 1. The van der Waals surface area contributed by atoms with E-state index >= 15 is 0 Å². The van der Waals surface area contributed by atoms with Gasteiger partial charge in [-0.15, -0.1) is 0 Å². The van der Waals surface area contributed by atoms with Gasteiger partial charge < -0.3 is 9.32 Å². The predicted octanol–water partition coefficient (Wildman–Crippen LogP) is 2.34. The summed E-state index contributed by atoms with van der Waals surface area (Å²) in [5.74, 6) is 1.73. The SMILES string of the molecule is CC(=O)N1CCC(CN(C)Cc2ccc(Br)o2)C1. The molecule has 1 aliphatic rings. The van der Waals surface area contributed by atoms with Gasteiger partial charge >= 0.3 is 0 Å². The fourth-order valence-electron chi connectivity index (χ4n) is 2.48. The van der Waals surface area contributed by atoms with E-state index in [9.17, 15) is 4.79 Å². The number of likely N-dealkylation sites (tertiary alicyclic amines) is 1. The largest absolute Gasteiger partial charge is 0.453 e. The Morgan fingerprint density at radius 1 is 1.61 bits per heavy atom. The average molecular weight is 315 g/mol. The Labute approximate surface area is 116 Å². The molecule has 100 valence electrons. The Balaban J connectivity index is 1.78. The van der Waals surface area contributed by atoms with Gasteiger partial charge in [0.15, 0.2) is 4.67 Å². The lowest BCUT2D eigenvalue weighted by Crippen LogP contribution is -2.30. The lowest BCUT2D eigenvalue weighted by atomic mass is 10.1. The number of carbonyl (C=O) groups is 1. The molecule has 0 aliphatic carbocycles. The van der Waals surface area contributed by atoms with Crippen LogP contribution in [0.25, 0.3) is 0 Å². The molecule has 2 rings (SSSR count). The molecule has 5 heteroatoms. The van der Waals surface area contributed by atoms with Crippen LogP contribution in [0.2, 0.25) is 0 Å². The Bertz CT molecular complexity index is 419. The summed E-state index contributed by atoms with van der Waals surface area (Å²) in [4.78, 5) is 15.4. The summed E-state index contributed by atoms with van der Waals surface area (Å²) in [7, 11) is 2.09. The van der Waals surface area contributed by atoms with Gasteiger partial charge in [0.1, 0.15) is 5.76 Å². The summed E-state index contributed by atoms with van der Waals surface area (Å²) in [5, 5.41) is 0. The van der Waals surface area contributed by atoms with Gasteiger partial charge in [-0.1, -0.05) is 0 Å². The van der Waals surface area contributed by atoms with Gasteiger partial charge in [0, 0.05) is 26.6 Å². The molecule has 1 atom stereocenters. The van der Waals surface area contributed by atoms with Gasteiger partial charge in [-0.2, -0.15) is 0 Å². The summed E-state index contributed by atoms with van der Waals surface area (Å²) >= 11 is 3.30. The van der Waals surface area contributed by atoms with Crippen molar-refractivity contribution in [2.24, 2.45) is 5.92 Å². The molecular weight excluding hydrogens is 296 g/mol. The van der Waals surface area contributed by atoms with Crippen molar-refractivity contribution in [3.8, 4) is 0 Å². The van der Waals surface area contributed by atoms with Gasteiger partial charge in [-0.05, 0) is 47.4 Å². The molecule has 0 saturated carbocycles. The molecule has 1 saturated heterocycles. The van der Waals surface area contributed by atoms with Crippen molar-refractivity contribution in [3.05, 3.63) is 22.6 Å². The number of nitrogens with zero attached hydrogens (tertiary/aromatic N) is 2. The average Bonchev–Trinajstić information content (AvgIpc) is 2.88. The van der Waals surface area contributed by atoms with Crippen molar-refractivity contribution in [2.45, 2.75) is 19.9 Å². The molecule has 0 aromatic carbocycles. The monoisotopic (exact) mass is 314 g/mol. The lowest BCUT2D eigenvalue weighted by molar-refractivity contribution is -0.127. The number of furan rings is 1. The molecule has 0 radical (unpaired) electrons. The first-order valence-electron chi connectivity index (χ1n) is 6.23. The maximum atomic E-state index is 11.3. The quantitative estimate of drug-likeness (QED) is 0.856. The molecule has 18 heavy (non-hydrogen) atoms. The lowest BCUT2D eigenvalue weighted by Gasteiger charge is -2.20. The van der Waals surface area contributed by atoms with Crippen LogP contribution >= 0.6 is 15.9 Å². The summed E-state index contributed by atoms with van der Waals surface area (Å²) in [6.45, 7) is 5.25. The van der Waals surface area contributed by atoms with Crippen LogP contribution in [0.5, 0.6) is 0 Å². The molecule has 1 unspecified atom stereocenters. The first-order valence-corrected chi connectivity index (χ1v) is 7.02. The van der Waals surface area contributed by atoms with Gasteiger partial charge in [0.25, 0.3) is 0 Å². The van der Waals surface area contributed by atoms with E-state index in [4.69, 9.17) is 4.42 Å². The van der Waals surface area contributed by atoms with Crippen LogP contribution in [0.1, 0.15) is 19.1 Å². The van der Waals surface area contributed by atoms with E-state index < -0.39 is 0 Å². The van der Waals surface area contributed by atoms with Crippen molar-refractivity contribution in [3.63, 3.8) is 0 Å². The smallest absolute Gasteiger partial charge is 0.219 e. The van der Waals surface area contributed by atoms with E-state index in [1.54, 1.807) is 6.92 Å². The number of hydrogen-bond acceptors (Lipinski definition) is 3. The maximum absolute atomic E-state index is 11.3. The normalized spacial score (nSPS) is 19.8. The van der Waals surface area contributed by atoms with E-state index in [0.29, 0.717) is 5.92 Å². The van der Waals surface area contributed by atoms with Crippen molar-refractivity contribution in [1.29, 1.82) is 0 Å². The predicted molar refractivity (Wildman–Crippen MR) is 73.1 cm³/mol. The minimum atomic E-state index is 0.190. The third kappa shape index (κ3) is 3.59. The highest BCUT2D eigenvalue weighted by molar-refractivity contribution is 9.10. The number of hydrogen-bond donors (Lipinski definition) is 0. The Morgan fingerprint density at radius 3 is 2.94 bits per heavy atom. The summed E-state index contributed by atoms with van der Waals surface area (Å²) in [6.07, 6.45) is 1.10. The van der Waals surface area contributed by atoms with Crippen LogP contribution in [-0.2, 0) is 11.3 Å². The van der Waals surface area contributed by atoms with Crippen molar-refractivity contribution in [1.82, 2.24) is 9.80 Å². The molecular formula is C13H19BrN2O2. The summed E-state index contributed by atoms with van der Waals surface area (Å²) < 4.78 is 6.26. The molecule has 0 N–H and O–H groups in total. The summed E-state index contributed by atoms with van der Waals surface area (Å²) in [6, 6.07) is 3.90.